The molecule has 0 aromatic rings. The number of rotatable bonds is 8. The first-order valence-corrected chi connectivity index (χ1v) is 7.39. The van der Waals surface area contributed by atoms with E-state index >= 15 is 0 Å². The Morgan fingerprint density at radius 2 is 1.71 bits per heavy atom. The quantitative estimate of drug-likeness (QED) is 0.697. The second kappa shape index (κ2) is 8.06. The van der Waals surface area contributed by atoms with E-state index in [2.05, 4.69) is 42.8 Å². The third kappa shape index (κ3) is 4.57. The molecule has 0 aromatic heterocycles. The van der Waals surface area contributed by atoms with Crippen LogP contribution in [0.25, 0.3) is 0 Å². The zero-order valence-corrected chi connectivity index (χ0v) is 12.2. The normalized spacial score (nSPS) is 25.1. The highest BCUT2D eigenvalue weighted by atomic mass is 15.2. The van der Waals surface area contributed by atoms with Gasteiger partial charge in [0.25, 0.3) is 0 Å². The molecule has 3 heteroatoms. The van der Waals surface area contributed by atoms with Gasteiger partial charge in [-0.2, -0.15) is 0 Å². The molecular weight excluding hydrogens is 210 g/mol. The van der Waals surface area contributed by atoms with Crippen molar-refractivity contribution in [3.8, 4) is 0 Å². The van der Waals surface area contributed by atoms with Crippen LogP contribution in [0.5, 0.6) is 0 Å². The van der Waals surface area contributed by atoms with Crippen molar-refractivity contribution in [1.82, 2.24) is 15.1 Å². The molecule has 3 nitrogen and oxygen atoms in total. The van der Waals surface area contributed by atoms with E-state index in [1.165, 1.54) is 52.2 Å². The van der Waals surface area contributed by atoms with E-state index in [1.54, 1.807) is 0 Å². The smallest absolute Gasteiger partial charge is 0.0258 e. The molecule has 1 aliphatic heterocycles. The minimum Gasteiger partial charge on any atom is -0.315 e. The molecule has 0 aromatic carbocycles. The number of likely N-dealkylation sites (N-methyl/N-ethyl adjacent to an activating group) is 1. The number of hydrogen-bond donors (Lipinski definition) is 1. The van der Waals surface area contributed by atoms with Gasteiger partial charge in [-0.15, -0.1) is 0 Å². The van der Waals surface area contributed by atoms with Crippen LogP contribution in [0.1, 0.15) is 34.1 Å². The van der Waals surface area contributed by atoms with Crippen molar-refractivity contribution >= 4 is 0 Å². The number of hydrogen-bond acceptors (Lipinski definition) is 3. The summed E-state index contributed by atoms with van der Waals surface area (Å²) in [6.07, 6.45) is 1.30. The van der Waals surface area contributed by atoms with Gasteiger partial charge in [0.15, 0.2) is 0 Å². The molecule has 0 saturated carbocycles. The van der Waals surface area contributed by atoms with E-state index in [1.807, 2.05) is 0 Å². The van der Waals surface area contributed by atoms with Gasteiger partial charge in [0, 0.05) is 12.6 Å². The maximum Gasteiger partial charge on any atom is 0.0258 e. The van der Waals surface area contributed by atoms with Crippen LogP contribution in [0.3, 0.4) is 0 Å². The van der Waals surface area contributed by atoms with Gasteiger partial charge in [-0.3, -0.25) is 4.90 Å². The summed E-state index contributed by atoms with van der Waals surface area (Å²) in [5.74, 6) is 0.809. The molecule has 1 N–H and O–H groups in total. The van der Waals surface area contributed by atoms with E-state index in [0.29, 0.717) is 0 Å². The van der Waals surface area contributed by atoms with Crippen molar-refractivity contribution in [2.75, 3.05) is 45.8 Å². The number of nitrogens with one attached hydrogen (secondary N) is 1. The van der Waals surface area contributed by atoms with Crippen LogP contribution < -0.4 is 5.32 Å². The van der Waals surface area contributed by atoms with Crippen LogP contribution in [0.4, 0.5) is 0 Å². The van der Waals surface area contributed by atoms with Gasteiger partial charge in [-0.25, -0.2) is 0 Å². The number of nitrogens with zero attached hydrogens (tertiary/aromatic N) is 2. The average Bonchev–Trinajstić information content (AvgIpc) is 2.76. The van der Waals surface area contributed by atoms with Crippen LogP contribution in [0.15, 0.2) is 0 Å². The molecule has 1 fully saturated rings. The topological polar surface area (TPSA) is 18.5 Å². The van der Waals surface area contributed by atoms with Gasteiger partial charge in [0.2, 0.25) is 0 Å². The predicted molar refractivity (Wildman–Crippen MR) is 75.5 cm³/mol. The van der Waals surface area contributed by atoms with Gasteiger partial charge < -0.3 is 10.2 Å². The lowest BCUT2D eigenvalue weighted by atomic mass is 10.0. The highest BCUT2D eigenvalue weighted by Crippen LogP contribution is 2.15. The van der Waals surface area contributed by atoms with Crippen molar-refractivity contribution < 1.29 is 0 Å². The first-order chi connectivity index (χ1) is 8.22. The Kier molecular flexibility index (Phi) is 7.09. The fourth-order valence-corrected chi connectivity index (χ4v) is 2.88. The predicted octanol–water partition coefficient (Wildman–Crippen LogP) is 1.65. The molecule has 17 heavy (non-hydrogen) atoms. The highest BCUT2D eigenvalue weighted by Gasteiger charge is 2.27. The summed E-state index contributed by atoms with van der Waals surface area (Å²) in [6.45, 7) is 17.6. The molecular formula is C14H31N3. The molecule has 0 spiro atoms. The van der Waals surface area contributed by atoms with Crippen molar-refractivity contribution in [3.63, 3.8) is 0 Å². The second-order valence-corrected chi connectivity index (χ2v) is 5.21. The Labute approximate surface area is 108 Å². The molecule has 2 unspecified atom stereocenters. The van der Waals surface area contributed by atoms with Gasteiger partial charge in [0.1, 0.15) is 0 Å². The van der Waals surface area contributed by atoms with Crippen molar-refractivity contribution in [3.05, 3.63) is 0 Å². The van der Waals surface area contributed by atoms with E-state index in [0.717, 1.165) is 12.0 Å². The Morgan fingerprint density at radius 1 is 1.00 bits per heavy atom. The zero-order valence-electron chi connectivity index (χ0n) is 12.2. The van der Waals surface area contributed by atoms with Gasteiger partial charge >= 0.3 is 0 Å². The first kappa shape index (κ1) is 14.9. The Morgan fingerprint density at radius 3 is 2.18 bits per heavy atom. The van der Waals surface area contributed by atoms with Crippen LogP contribution in [0, 0.1) is 5.92 Å². The summed E-state index contributed by atoms with van der Waals surface area (Å²) in [6, 6.07) is 0.761. The SMILES string of the molecule is CCN(CC)CCCN(CC)C1CNCC1C. The standard InChI is InChI=1S/C14H31N3/c1-5-16(6-2)9-8-10-17(7-3)14-12-15-11-13(14)4/h13-15H,5-12H2,1-4H3. The molecule has 0 bridgehead atoms. The van der Waals surface area contributed by atoms with Crippen LogP contribution in [-0.2, 0) is 0 Å². The summed E-state index contributed by atoms with van der Waals surface area (Å²) < 4.78 is 0. The molecule has 1 aliphatic rings. The van der Waals surface area contributed by atoms with Gasteiger partial charge in [0.05, 0.1) is 0 Å². The Bertz CT molecular complexity index is 192. The Hall–Kier alpha value is -0.120. The minimum atomic E-state index is 0.761. The summed E-state index contributed by atoms with van der Waals surface area (Å²) in [7, 11) is 0. The first-order valence-electron chi connectivity index (χ1n) is 7.39. The van der Waals surface area contributed by atoms with Crippen LogP contribution >= 0.6 is 0 Å². The van der Waals surface area contributed by atoms with E-state index in [-0.39, 0.29) is 0 Å². The summed E-state index contributed by atoms with van der Waals surface area (Å²) in [4.78, 5) is 5.18. The zero-order chi connectivity index (χ0) is 12.7. The molecule has 1 saturated heterocycles. The average molecular weight is 241 g/mol. The van der Waals surface area contributed by atoms with E-state index < -0.39 is 0 Å². The van der Waals surface area contributed by atoms with Crippen molar-refractivity contribution in [2.45, 2.75) is 40.2 Å². The summed E-state index contributed by atoms with van der Waals surface area (Å²) in [5.41, 5.74) is 0. The highest BCUT2D eigenvalue weighted by molar-refractivity contribution is 4.85. The minimum absolute atomic E-state index is 0.761. The molecule has 1 heterocycles. The van der Waals surface area contributed by atoms with E-state index in [4.69, 9.17) is 0 Å². The van der Waals surface area contributed by atoms with E-state index in [9.17, 15) is 0 Å². The van der Waals surface area contributed by atoms with Gasteiger partial charge in [-0.1, -0.05) is 27.7 Å². The molecule has 1 rings (SSSR count). The maximum atomic E-state index is 3.51. The monoisotopic (exact) mass is 241 g/mol. The van der Waals surface area contributed by atoms with Crippen molar-refractivity contribution in [1.29, 1.82) is 0 Å². The lowest BCUT2D eigenvalue weighted by Crippen LogP contribution is -2.41. The largest absolute Gasteiger partial charge is 0.315 e. The molecule has 0 amide bonds. The summed E-state index contributed by atoms with van der Waals surface area (Å²) in [5, 5.41) is 3.51. The third-order valence-corrected chi connectivity index (χ3v) is 4.17. The lowest BCUT2D eigenvalue weighted by molar-refractivity contribution is 0.173. The Balaban J connectivity index is 2.27. The van der Waals surface area contributed by atoms with Crippen molar-refractivity contribution in [2.24, 2.45) is 5.92 Å². The molecule has 102 valence electrons. The lowest BCUT2D eigenvalue weighted by Gasteiger charge is -2.30. The third-order valence-electron chi connectivity index (χ3n) is 4.17. The second-order valence-electron chi connectivity index (χ2n) is 5.21. The van der Waals surface area contributed by atoms with Crippen LogP contribution in [0.2, 0.25) is 0 Å². The maximum absolute atomic E-state index is 3.51. The molecule has 0 aliphatic carbocycles. The fraction of sp³-hybridized carbons (Fsp3) is 1.00. The molecule has 2 atom stereocenters. The van der Waals surface area contributed by atoms with Gasteiger partial charge in [-0.05, 0) is 51.6 Å². The fourth-order valence-electron chi connectivity index (χ4n) is 2.88. The summed E-state index contributed by atoms with van der Waals surface area (Å²) >= 11 is 0. The molecule has 0 radical (unpaired) electrons. The van der Waals surface area contributed by atoms with Crippen LogP contribution in [-0.4, -0.2) is 61.7 Å².